The van der Waals surface area contributed by atoms with Gasteiger partial charge in [-0.15, -0.1) is 0 Å². The topological polar surface area (TPSA) is 81.7 Å². The largest absolute Gasteiger partial charge is 0.484 e. The molecule has 2 aromatic heterocycles. The fraction of sp³-hybridized carbons (Fsp3) is 0.188. The van der Waals surface area contributed by atoms with E-state index in [1.807, 2.05) is 0 Å². The van der Waals surface area contributed by atoms with E-state index in [4.69, 9.17) is 0 Å². The molecule has 0 amide bonds. The third-order valence-electron chi connectivity index (χ3n) is 3.46. The van der Waals surface area contributed by atoms with Gasteiger partial charge in [-0.1, -0.05) is 18.2 Å². The van der Waals surface area contributed by atoms with Crippen LogP contribution in [0.5, 0.6) is 5.75 Å². The van der Waals surface area contributed by atoms with Crippen molar-refractivity contribution in [1.29, 1.82) is 0 Å². The number of benzene rings is 1. The highest BCUT2D eigenvalue weighted by atomic mass is 19.4. The molecule has 0 aliphatic rings. The number of pyridine rings is 1. The number of hydrogen-bond donors (Lipinski definition) is 1. The second-order valence-corrected chi connectivity index (χ2v) is 5.37. The standard InChI is InChI=1S/C16H13F3N4O3/c17-16(18,19)10-26-12-6-4-11(5-7-12)9-20-14-15(23(24)25)22-8-2-1-3-13(22)21-14/h1-8,20H,9-10H2. The number of alkyl halides is 3. The normalized spacial score (nSPS) is 11.5. The number of hydrogen-bond acceptors (Lipinski definition) is 5. The zero-order valence-corrected chi connectivity index (χ0v) is 13.2. The van der Waals surface area contributed by atoms with E-state index in [1.54, 1.807) is 36.5 Å². The van der Waals surface area contributed by atoms with Crippen LogP contribution in [0.2, 0.25) is 0 Å². The number of fused-ring (bicyclic) bond motifs is 1. The van der Waals surface area contributed by atoms with E-state index in [9.17, 15) is 23.3 Å². The number of nitrogens with zero attached hydrogens (tertiary/aromatic N) is 3. The predicted octanol–water partition coefficient (Wildman–Crippen LogP) is 3.80. The number of rotatable bonds is 6. The van der Waals surface area contributed by atoms with E-state index < -0.39 is 17.7 Å². The molecule has 0 atom stereocenters. The average Bonchev–Trinajstić information content (AvgIpc) is 2.97. The minimum Gasteiger partial charge on any atom is -0.484 e. The Kier molecular flexibility index (Phi) is 4.65. The molecule has 1 N–H and O–H groups in total. The summed E-state index contributed by atoms with van der Waals surface area (Å²) < 4.78 is 42.3. The number of halogens is 3. The Bertz CT molecular complexity index is 923. The van der Waals surface area contributed by atoms with Crippen molar-refractivity contribution >= 4 is 17.3 Å². The van der Waals surface area contributed by atoms with Crippen molar-refractivity contribution in [2.75, 3.05) is 11.9 Å². The fourth-order valence-electron chi connectivity index (χ4n) is 2.33. The molecule has 0 spiro atoms. The number of anilines is 1. The van der Waals surface area contributed by atoms with Crippen molar-refractivity contribution in [2.24, 2.45) is 0 Å². The number of ether oxygens (including phenoxy) is 1. The third kappa shape index (κ3) is 4.02. The van der Waals surface area contributed by atoms with Gasteiger partial charge >= 0.3 is 12.0 Å². The van der Waals surface area contributed by atoms with Gasteiger partial charge in [-0.25, -0.2) is 0 Å². The molecule has 0 saturated heterocycles. The van der Waals surface area contributed by atoms with E-state index >= 15 is 0 Å². The molecule has 0 fully saturated rings. The Morgan fingerprint density at radius 1 is 1.19 bits per heavy atom. The summed E-state index contributed by atoms with van der Waals surface area (Å²) in [6, 6.07) is 11.0. The molecular formula is C16H13F3N4O3. The Balaban J connectivity index is 1.70. The minimum atomic E-state index is -4.40. The van der Waals surface area contributed by atoms with Gasteiger partial charge in [0.1, 0.15) is 5.75 Å². The van der Waals surface area contributed by atoms with Gasteiger partial charge in [0, 0.05) is 12.6 Å². The van der Waals surface area contributed by atoms with Crippen molar-refractivity contribution in [1.82, 2.24) is 9.38 Å². The van der Waals surface area contributed by atoms with Gasteiger partial charge in [-0.3, -0.25) is 0 Å². The first-order valence-corrected chi connectivity index (χ1v) is 7.47. The summed E-state index contributed by atoms with van der Waals surface area (Å²) in [5.74, 6) is 0.00844. The number of aromatic nitrogens is 2. The van der Waals surface area contributed by atoms with Gasteiger partial charge in [-0.2, -0.15) is 22.6 Å². The summed E-state index contributed by atoms with van der Waals surface area (Å²) >= 11 is 0. The molecule has 136 valence electrons. The lowest BCUT2D eigenvalue weighted by Gasteiger charge is -2.09. The highest BCUT2D eigenvalue weighted by molar-refractivity contribution is 5.62. The summed E-state index contributed by atoms with van der Waals surface area (Å²) in [5, 5.41) is 14.2. The predicted molar refractivity (Wildman–Crippen MR) is 87.2 cm³/mol. The zero-order valence-electron chi connectivity index (χ0n) is 13.2. The minimum absolute atomic E-state index is 0.0878. The molecule has 0 unspecified atom stereocenters. The molecule has 3 rings (SSSR count). The lowest BCUT2D eigenvalue weighted by molar-refractivity contribution is -0.389. The van der Waals surface area contributed by atoms with Crippen molar-refractivity contribution in [3.63, 3.8) is 0 Å². The lowest BCUT2D eigenvalue weighted by atomic mass is 10.2. The maximum absolute atomic E-state index is 12.1. The van der Waals surface area contributed by atoms with Crippen LogP contribution in [0.15, 0.2) is 48.7 Å². The first-order valence-electron chi connectivity index (χ1n) is 7.47. The molecule has 0 aliphatic heterocycles. The van der Waals surface area contributed by atoms with Crippen molar-refractivity contribution < 1.29 is 22.8 Å². The van der Waals surface area contributed by atoms with E-state index in [2.05, 4.69) is 15.0 Å². The van der Waals surface area contributed by atoms with E-state index in [-0.39, 0.29) is 23.9 Å². The molecule has 0 radical (unpaired) electrons. The Labute approximate surface area is 145 Å². The highest BCUT2D eigenvalue weighted by Gasteiger charge is 2.28. The third-order valence-corrected chi connectivity index (χ3v) is 3.46. The van der Waals surface area contributed by atoms with Crippen LogP contribution in [0.25, 0.3) is 5.65 Å². The summed E-state index contributed by atoms with van der Waals surface area (Å²) in [7, 11) is 0. The summed E-state index contributed by atoms with van der Waals surface area (Å²) in [6.45, 7) is -1.15. The molecule has 26 heavy (non-hydrogen) atoms. The molecule has 0 aliphatic carbocycles. The fourth-order valence-corrected chi connectivity index (χ4v) is 2.33. The summed E-state index contributed by atoms with van der Waals surface area (Å²) in [5.41, 5.74) is 1.13. The molecule has 10 heteroatoms. The number of nitro groups is 1. The van der Waals surface area contributed by atoms with Crippen molar-refractivity contribution in [3.8, 4) is 5.75 Å². The molecular weight excluding hydrogens is 353 g/mol. The Morgan fingerprint density at radius 2 is 1.92 bits per heavy atom. The number of imidazole rings is 1. The first-order chi connectivity index (χ1) is 12.3. The van der Waals surface area contributed by atoms with Gasteiger partial charge in [0.05, 0.1) is 6.20 Å². The maximum atomic E-state index is 12.1. The molecule has 0 bridgehead atoms. The van der Waals surface area contributed by atoms with Crippen LogP contribution in [0, 0.1) is 10.1 Å². The van der Waals surface area contributed by atoms with Gasteiger partial charge in [0.2, 0.25) is 11.5 Å². The summed E-state index contributed by atoms with van der Waals surface area (Å²) in [4.78, 5) is 15.0. The second kappa shape index (κ2) is 6.90. The quantitative estimate of drug-likeness (QED) is 0.530. The van der Waals surface area contributed by atoms with Gasteiger partial charge in [0.25, 0.3) is 0 Å². The van der Waals surface area contributed by atoms with Crippen LogP contribution in [0.4, 0.5) is 24.8 Å². The highest BCUT2D eigenvalue weighted by Crippen LogP contribution is 2.26. The Morgan fingerprint density at radius 3 is 2.58 bits per heavy atom. The molecule has 2 heterocycles. The monoisotopic (exact) mass is 366 g/mol. The SMILES string of the molecule is O=[N+]([O-])c1c(NCc2ccc(OCC(F)(F)F)cc2)nc2ccccn12. The first kappa shape index (κ1) is 17.5. The van der Waals surface area contributed by atoms with Crippen LogP contribution in [-0.4, -0.2) is 27.1 Å². The maximum Gasteiger partial charge on any atom is 0.422 e. The molecule has 0 saturated carbocycles. The van der Waals surface area contributed by atoms with E-state index in [1.165, 1.54) is 16.5 Å². The summed E-state index contributed by atoms with van der Waals surface area (Å²) in [6.07, 6.45) is -2.86. The average molecular weight is 366 g/mol. The van der Waals surface area contributed by atoms with Gasteiger partial charge < -0.3 is 20.2 Å². The van der Waals surface area contributed by atoms with Crippen LogP contribution < -0.4 is 10.1 Å². The van der Waals surface area contributed by atoms with Crippen LogP contribution in [0.1, 0.15) is 5.56 Å². The Hall–Kier alpha value is -3.30. The van der Waals surface area contributed by atoms with Gasteiger partial charge in [0.15, 0.2) is 6.61 Å². The second-order valence-electron chi connectivity index (χ2n) is 5.37. The van der Waals surface area contributed by atoms with Crippen LogP contribution in [0.3, 0.4) is 0 Å². The van der Waals surface area contributed by atoms with Crippen molar-refractivity contribution in [3.05, 3.63) is 64.3 Å². The van der Waals surface area contributed by atoms with Gasteiger partial charge in [-0.05, 0) is 28.7 Å². The van der Waals surface area contributed by atoms with E-state index in [0.29, 0.717) is 11.2 Å². The van der Waals surface area contributed by atoms with Crippen molar-refractivity contribution in [2.45, 2.75) is 12.7 Å². The smallest absolute Gasteiger partial charge is 0.422 e. The lowest BCUT2D eigenvalue weighted by Crippen LogP contribution is -2.19. The molecule has 3 aromatic rings. The number of nitrogens with one attached hydrogen (secondary N) is 1. The van der Waals surface area contributed by atoms with E-state index in [0.717, 1.165) is 0 Å². The van der Waals surface area contributed by atoms with Crippen LogP contribution in [-0.2, 0) is 6.54 Å². The zero-order chi connectivity index (χ0) is 18.7. The molecule has 1 aromatic carbocycles. The van der Waals surface area contributed by atoms with Crippen LogP contribution >= 0.6 is 0 Å². The molecule has 7 nitrogen and oxygen atoms in total.